The van der Waals surface area contributed by atoms with E-state index in [2.05, 4.69) is 38.1 Å². The van der Waals surface area contributed by atoms with Gasteiger partial charge in [-0.3, -0.25) is 0 Å². The molecule has 0 radical (unpaired) electrons. The predicted molar refractivity (Wildman–Crippen MR) is 71.7 cm³/mol. The molecule has 0 fully saturated rings. The van der Waals surface area contributed by atoms with Crippen molar-refractivity contribution in [1.29, 1.82) is 0 Å². The molecule has 0 saturated carbocycles. The van der Waals surface area contributed by atoms with Crippen molar-refractivity contribution in [3.63, 3.8) is 0 Å². The zero-order valence-electron chi connectivity index (χ0n) is 10.2. The molecule has 0 aliphatic heterocycles. The van der Waals surface area contributed by atoms with Crippen LogP contribution in [0, 0.1) is 6.92 Å². The number of hydrogen-bond donors (Lipinski definition) is 2. The van der Waals surface area contributed by atoms with E-state index in [9.17, 15) is 0 Å². The van der Waals surface area contributed by atoms with Crippen LogP contribution >= 0.6 is 11.8 Å². The molecular weight excluding hydrogens is 218 g/mol. The highest BCUT2D eigenvalue weighted by Crippen LogP contribution is 2.27. The fraction of sp³-hybridized carbons (Fsp3) is 0.538. The molecule has 0 saturated heterocycles. The van der Waals surface area contributed by atoms with E-state index in [4.69, 9.17) is 10.8 Å². The Hall–Kier alpha value is -0.510. The van der Waals surface area contributed by atoms with Crippen molar-refractivity contribution in [3.05, 3.63) is 35.4 Å². The van der Waals surface area contributed by atoms with Crippen LogP contribution in [0.4, 0.5) is 0 Å². The fourth-order valence-electron chi connectivity index (χ4n) is 1.55. The van der Waals surface area contributed by atoms with Gasteiger partial charge in [-0.2, -0.15) is 11.8 Å². The third-order valence-electron chi connectivity index (χ3n) is 2.67. The largest absolute Gasteiger partial charge is 0.395 e. The molecule has 2 nitrogen and oxygen atoms in total. The molecule has 0 amide bonds. The van der Waals surface area contributed by atoms with Crippen molar-refractivity contribution < 1.29 is 5.11 Å². The molecule has 1 rings (SSSR count). The molecule has 0 heterocycles. The van der Waals surface area contributed by atoms with Crippen molar-refractivity contribution in [3.8, 4) is 0 Å². The molecule has 0 aliphatic rings. The molecule has 16 heavy (non-hydrogen) atoms. The first-order valence-corrected chi connectivity index (χ1v) is 6.57. The molecule has 0 aliphatic carbocycles. The Balaban J connectivity index is 2.62. The van der Waals surface area contributed by atoms with Gasteiger partial charge < -0.3 is 10.8 Å². The second-order valence-electron chi connectivity index (χ2n) is 4.27. The van der Waals surface area contributed by atoms with Crippen molar-refractivity contribution in [2.24, 2.45) is 5.73 Å². The number of rotatable bonds is 5. The first-order valence-electron chi connectivity index (χ1n) is 5.63. The van der Waals surface area contributed by atoms with Crippen LogP contribution in [0.2, 0.25) is 0 Å². The zero-order valence-corrected chi connectivity index (χ0v) is 11.0. The van der Waals surface area contributed by atoms with Crippen LogP contribution in [-0.4, -0.2) is 22.2 Å². The predicted octanol–water partition coefficient (Wildman–Crippen LogP) is 2.50. The lowest BCUT2D eigenvalue weighted by Gasteiger charge is -2.22. The van der Waals surface area contributed by atoms with Crippen LogP contribution in [0.15, 0.2) is 24.3 Å². The summed E-state index contributed by atoms with van der Waals surface area (Å²) in [6, 6.07) is 8.37. The Morgan fingerprint density at radius 1 is 1.25 bits per heavy atom. The van der Waals surface area contributed by atoms with Gasteiger partial charge in [0.1, 0.15) is 0 Å². The smallest absolute Gasteiger partial charge is 0.0547 e. The zero-order chi connectivity index (χ0) is 12.1. The second kappa shape index (κ2) is 6.28. The maximum absolute atomic E-state index is 9.01. The normalized spacial score (nSPS) is 16.8. The van der Waals surface area contributed by atoms with Gasteiger partial charge in [-0.05, 0) is 12.5 Å². The highest BCUT2D eigenvalue weighted by Gasteiger charge is 2.17. The lowest BCUT2D eigenvalue weighted by Crippen LogP contribution is -2.23. The number of hydrogen-bond acceptors (Lipinski definition) is 3. The molecule has 0 bridgehead atoms. The average molecular weight is 239 g/mol. The van der Waals surface area contributed by atoms with Gasteiger partial charge >= 0.3 is 0 Å². The van der Waals surface area contributed by atoms with Gasteiger partial charge in [-0.25, -0.2) is 0 Å². The summed E-state index contributed by atoms with van der Waals surface area (Å²) in [4.78, 5) is 0. The maximum Gasteiger partial charge on any atom is 0.0547 e. The highest BCUT2D eigenvalue weighted by atomic mass is 32.2. The highest BCUT2D eigenvalue weighted by molar-refractivity contribution is 8.00. The minimum Gasteiger partial charge on any atom is -0.395 e. The topological polar surface area (TPSA) is 46.2 Å². The molecular formula is C13H21NOS. The number of aliphatic hydroxyl groups excluding tert-OH is 1. The van der Waals surface area contributed by atoms with Crippen molar-refractivity contribution >= 4 is 11.8 Å². The van der Waals surface area contributed by atoms with Gasteiger partial charge in [0.2, 0.25) is 0 Å². The molecule has 3 heteroatoms. The minimum absolute atomic E-state index is 0.0274. The summed E-state index contributed by atoms with van der Waals surface area (Å²) >= 11 is 1.73. The van der Waals surface area contributed by atoms with Gasteiger partial charge in [0, 0.05) is 16.5 Å². The summed E-state index contributed by atoms with van der Waals surface area (Å²) in [5.74, 6) is 0. The van der Waals surface area contributed by atoms with Crippen LogP contribution < -0.4 is 5.73 Å². The van der Waals surface area contributed by atoms with E-state index in [1.54, 1.807) is 11.8 Å². The Kier molecular flexibility index (Phi) is 5.32. The quantitative estimate of drug-likeness (QED) is 0.830. The van der Waals surface area contributed by atoms with Crippen LogP contribution in [-0.2, 0) is 0 Å². The molecule has 3 unspecified atom stereocenters. The minimum atomic E-state index is 0.0274. The molecule has 1 aromatic carbocycles. The molecule has 90 valence electrons. The summed E-state index contributed by atoms with van der Waals surface area (Å²) < 4.78 is 0. The summed E-state index contributed by atoms with van der Waals surface area (Å²) in [5, 5.41) is 9.56. The fourth-order valence-corrected chi connectivity index (χ4v) is 2.70. The average Bonchev–Trinajstić information content (AvgIpc) is 2.28. The number of aryl methyl sites for hydroxylation is 1. The summed E-state index contributed by atoms with van der Waals surface area (Å²) in [7, 11) is 0. The monoisotopic (exact) mass is 239 g/mol. The van der Waals surface area contributed by atoms with E-state index in [0.717, 1.165) is 5.56 Å². The van der Waals surface area contributed by atoms with E-state index >= 15 is 0 Å². The van der Waals surface area contributed by atoms with Gasteiger partial charge in [0.25, 0.3) is 0 Å². The van der Waals surface area contributed by atoms with Crippen LogP contribution in [0.3, 0.4) is 0 Å². The lowest BCUT2D eigenvalue weighted by molar-refractivity contribution is 0.299. The molecule has 3 N–H and O–H groups in total. The van der Waals surface area contributed by atoms with E-state index in [0.29, 0.717) is 5.25 Å². The van der Waals surface area contributed by atoms with Gasteiger partial charge in [0.15, 0.2) is 0 Å². The van der Waals surface area contributed by atoms with Crippen molar-refractivity contribution in [2.45, 2.75) is 37.3 Å². The number of benzene rings is 1. The van der Waals surface area contributed by atoms with Crippen molar-refractivity contribution in [1.82, 2.24) is 0 Å². The molecule has 0 spiro atoms. The van der Waals surface area contributed by atoms with E-state index in [1.165, 1.54) is 5.56 Å². The van der Waals surface area contributed by atoms with Crippen molar-refractivity contribution in [2.75, 3.05) is 6.61 Å². The Labute approximate surface area is 102 Å². The Bertz CT molecular complexity index is 312. The maximum atomic E-state index is 9.01. The van der Waals surface area contributed by atoms with E-state index in [1.807, 2.05) is 6.92 Å². The SMILES string of the molecule is Cc1ccc(C(N)C(C)SC(C)CO)cc1. The first kappa shape index (κ1) is 13.6. The Morgan fingerprint density at radius 3 is 2.31 bits per heavy atom. The van der Waals surface area contributed by atoms with Crippen LogP contribution in [0.5, 0.6) is 0 Å². The molecule has 1 aromatic rings. The Morgan fingerprint density at radius 2 is 1.81 bits per heavy atom. The van der Waals surface area contributed by atoms with E-state index < -0.39 is 0 Å². The summed E-state index contributed by atoms with van der Waals surface area (Å²) in [5.41, 5.74) is 8.60. The van der Waals surface area contributed by atoms with Crippen LogP contribution in [0.1, 0.15) is 31.0 Å². The lowest BCUT2D eigenvalue weighted by atomic mass is 10.0. The summed E-state index contributed by atoms with van der Waals surface area (Å²) in [6.45, 7) is 6.40. The van der Waals surface area contributed by atoms with Gasteiger partial charge in [-0.15, -0.1) is 0 Å². The standard InChI is InChI=1S/C13H21NOS/c1-9-4-6-12(7-5-9)13(14)11(3)16-10(2)8-15/h4-7,10-11,13,15H,8,14H2,1-3H3. The second-order valence-corrected chi connectivity index (χ2v) is 6.09. The first-order chi connectivity index (χ1) is 7.54. The summed E-state index contributed by atoms with van der Waals surface area (Å²) in [6.07, 6.45) is 0. The number of nitrogens with two attached hydrogens (primary N) is 1. The van der Waals surface area contributed by atoms with Crippen LogP contribution in [0.25, 0.3) is 0 Å². The molecule has 3 atom stereocenters. The third-order valence-corrected chi connectivity index (χ3v) is 4.01. The number of thioether (sulfide) groups is 1. The third kappa shape index (κ3) is 3.81. The number of aliphatic hydroxyl groups is 1. The van der Waals surface area contributed by atoms with Gasteiger partial charge in [-0.1, -0.05) is 43.7 Å². The van der Waals surface area contributed by atoms with Gasteiger partial charge in [0.05, 0.1) is 6.61 Å². The molecule has 0 aromatic heterocycles. The van der Waals surface area contributed by atoms with E-state index in [-0.39, 0.29) is 17.9 Å².